The summed E-state index contributed by atoms with van der Waals surface area (Å²) in [5.41, 5.74) is 5.04. The van der Waals surface area contributed by atoms with Crippen molar-refractivity contribution in [3.8, 4) is 11.4 Å². The number of thioether (sulfide) groups is 1. The number of hydrogen-bond donors (Lipinski definition) is 1. The highest BCUT2D eigenvalue weighted by atomic mass is 35.5. The second-order valence-corrected chi connectivity index (χ2v) is 10.3. The van der Waals surface area contributed by atoms with Gasteiger partial charge in [-0.2, -0.15) is 0 Å². The lowest BCUT2D eigenvalue weighted by Crippen LogP contribution is -2.43. The molecule has 0 saturated heterocycles. The second-order valence-electron chi connectivity index (χ2n) is 8.99. The smallest absolute Gasteiger partial charge is 0.332 e. The topological polar surface area (TPSA) is 131 Å². The summed E-state index contributed by atoms with van der Waals surface area (Å²) < 4.78 is 8.67. The predicted molar refractivity (Wildman–Crippen MR) is 149 cm³/mol. The van der Waals surface area contributed by atoms with Crippen molar-refractivity contribution in [3.05, 3.63) is 84.2 Å². The molecule has 0 aliphatic carbocycles. The van der Waals surface area contributed by atoms with Crippen LogP contribution in [-0.2, 0) is 13.6 Å². The number of ether oxygens (including phenoxy) is 1. The molecule has 2 N–H and O–H groups in total. The van der Waals surface area contributed by atoms with Crippen molar-refractivity contribution >= 4 is 45.9 Å². The number of ketones is 1. The molecule has 4 aromatic rings. The van der Waals surface area contributed by atoms with E-state index in [1.54, 1.807) is 42.5 Å². The van der Waals surface area contributed by atoms with Gasteiger partial charge in [0.15, 0.2) is 10.9 Å². The molecule has 198 valence electrons. The van der Waals surface area contributed by atoms with Gasteiger partial charge in [0.1, 0.15) is 17.1 Å². The van der Waals surface area contributed by atoms with E-state index in [1.807, 2.05) is 13.8 Å². The number of halogens is 1. The van der Waals surface area contributed by atoms with E-state index in [2.05, 4.69) is 4.98 Å². The number of anilines is 1. The zero-order chi connectivity index (χ0) is 27.7. The van der Waals surface area contributed by atoms with Crippen LogP contribution >= 0.6 is 23.4 Å². The molecular weight excluding hydrogens is 530 g/mol. The van der Waals surface area contributed by atoms with E-state index in [-0.39, 0.29) is 40.3 Å². The minimum atomic E-state index is -0.774. The highest BCUT2D eigenvalue weighted by Gasteiger charge is 2.23. The summed E-state index contributed by atoms with van der Waals surface area (Å²) >= 11 is 7.30. The summed E-state index contributed by atoms with van der Waals surface area (Å²) in [6.45, 7) is 4.03. The number of nitrogen functional groups attached to an aromatic ring is 1. The number of Topliss-reactive ketones (excluding diaryl/α,β-unsaturated/α-hetero) is 1. The van der Waals surface area contributed by atoms with E-state index in [0.29, 0.717) is 27.4 Å². The van der Waals surface area contributed by atoms with Gasteiger partial charge < -0.3 is 10.5 Å². The molecule has 0 saturated carbocycles. The van der Waals surface area contributed by atoms with Crippen molar-refractivity contribution in [2.45, 2.75) is 25.5 Å². The van der Waals surface area contributed by atoms with Gasteiger partial charge in [0.05, 0.1) is 34.5 Å². The van der Waals surface area contributed by atoms with Crippen LogP contribution in [0.1, 0.15) is 24.2 Å². The lowest BCUT2D eigenvalue weighted by Gasteiger charge is -2.16. The Morgan fingerprint density at radius 2 is 1.84 bits per heavy atom. The van der Waals surface area contributed by atoms with Gasteiger partial charge in [0.2, 0.25) is 0 Å². The third-order valence-electron chi connectivity index (χ3n) is 5.88. The number of nitrogens with two attached hydrogens (primary N) is 1. The van der Waals surface area contributed by atoms with Crippen molar-refractivity contribution in [1.29, 1.82) is 0 Å². The summed E-state index contributed by atoms with van der Waals surface area (Å²) in [5, 5.41) is 0.893. The SMILES string of the molecule is COc1ccc(-n2c(SCC(=O)c3c(N)n(CC(C)C)c(=O)n(C)c3=O)nc3ccccc3c2=O)cc1Cl. The largest absolute Gasteiger partial charge is 0.495 e. The van der Waals surface area contributed by atoms with Gasteiger partial charge in [-0.15, -0.1) is 0 Å². The fourth-order valence-corrected chi connectivity index (χ4v) is 5.16. The third kappa shape index (κ3) is 4.99. The van der Waals surface area contributed by atoms with Gasteiger partial charge in [-0.1, -0.05) is 49.3 Å². The molecule has 0 fully saturated rings. The van der Waals surface area contributed by atoms with E-state index in [4.69, 9.17) is 22.1 Å². The Labute approximate surface area is 226 Å². The fraction of sp³-hybridized carbons (Fsp3) is 0.269. The van der Waals surface area contributed by atoms with Crippen LogP contribution in [0.15, 0.2) is 62.0 Å². The van der Waals surface area contributed by atoms with E-state index in [1.165, 1.54) is 23.3 Å². The number of rotatable bonds is 8. The van der Waals surface area contributed by atoms with Crippen molar-refractivity contribution in [2.75, 3.05) is 18.6 Å². The summed E-state index contributed by atoms with van der Waals surface area (Å²) in [6.07, 6.45) is 0. The number of benzene rings is 2. The molecule has 12 heteroatoms. The molecule has 0 radical (unpaired) electrons. The Kier molecular flexibility index (Phi) is 7.79. The van der Waals surface area contributed by atoms with Crippen LogP contribution in [0.3, 0.4) is 0 Å². The van der Waals surface area contributed by atoms with Crippen molar-refractivity contribution in [1.82, 2.24) is 18.7 Å². The third-order valence-corrected chi connectivity index (χ3v) is 7.11. The number of fused-ring (bicyclic) bond motifs is 1. The van der Waals surface area contributed by atoms with E-state index >= 15 is 0 Å². The Morgan fingerprint density at radius 3 is 2.50 bits per heavy atom. The average molecular weight is 556 g/mol. The fourth-order valence-electron chi connectivity index (χ4n) is 4.02. The second kappa shape index (κ2) is 10.9. The molecule has 0 amide bonds. The molecule has 0 aliphatic rings. The molecule has 0 spiro atoms. The Bertz CT molecular complexity index is 1740. The molecule has 38 heavy (non-hydrogen) atoms. The van der Waals surface area contributed by atoms with Crippen molar-refractivity contribution in [2.24, 2.45) is 13.0 Å². The standard InChI is InChI=1S/C26H26ClN5O5S/c1-14(2)12-31-22(28)21(24(35)30(3)26(31)36)19(33)13-38-25-29-18-8-6-5-7-16(18)23(34)32(25)15-9-10-20(37-4)17(27)11-15/h5-11,14H,12-13,28H2,1-4H3. The molecule has 0 atom stereocenters. The van der Waals surface area contributed by atoms with Crippen LogP contribution < -0.4 is 27.3 Å². The monoisotopic (exact) mass is 555 g/mol. The highest BCUT2D eigenvalue weighted by molar-refractivity contribution is 7.99. The Morgan fingerprint density at radius 1 is 1.13 bits per heavy atom. The molecular formula is C26H26ClN5O5S. The van der Waals surface area contributed by atoms with Crippen molar-refractivity contribution in [3.63, 3.8) is 0 Å². The van der Waals surface area contributed by atoms with Gasteiger partial charge in [-0.25, -0.2) is 9.78 Å². The predicted octanol–water partition coefficient (Wildman–Crippen LogP) is 3.12. The van der Waals surface area contributed by atoms with Crippen LogP contribution in [0.4, 0.5) is 5.82 Å². The molecule has 0 bridgehead atoms. The number of carbonyl (C=O) groups excluding carboxylic acids is 1. The van der Waals surface area contributed by atoms with E-state index in [0.717, 1.165) is 16.3 Å². The number of hydrogen-bond acceptors (Lipinski definition) is 8. The van der Waals surface area contributed by atoms with Gasteiger partial charge in [-0.05, 0) is 36.2 Å². The van der Waals surface area contributed by atoms with Crippen LogP contribution in [0.5, 0.6) is 5.75 Å². The molecule has 2 aromatic carbocycles. The quantitative estimate of drug-likeness (QED) is 0.199. The van der Waals surface area contributed by atoms with Crippen LogP contribution in [0, 0.1) is 5.92 Å². The van der Waals surface area contributed by atoms with Crippen molar-refractivity contribution < 1.29 is 9.53 Å². The molecule has 0 unspecified atom stereocenters. The first kappa shape index (κ1) is 27.2. The van der Waals surface area contributed by atoms with E-state index < -0.39 is 17.0 Å². The normalized spacial score (nSPS) is 11.3. The number of aromatic nitrogens is 4. The summed E-state index contributed by atoms with van der Waals surface area (Å²) in [5.74, 6) is -0.536. The highest BCUT2D eigenvalue weighted by Crippen LogP contribution is 2.29. The molecule has 4 rings (SSSR count). The van der Waals surface area contributed by atoms with Gasteiger partial charge >= 0.3 is 5.69 Å². The maximum atomic E-state index is 13.5. The summed E-state index contributed by atoms with van der Waals surface area (Å²) in [4.78, 5) is 56.9. The van der Waals surface area contributed by atoms with Gasteiger partial charge in [0.25, 0.3) is 11.1 Å². The lowest BCUT2D eigenvalue weighted by molar-refractivity contribution is 0.102. The molecule has 10 nitrogen and oxygen atoms in total. The van der Waals surface area contributed by atoms with Gasteiger partial charge in [-0.3, -0.25) is 28.1 Å². The van der Waals surface area contributed by atoms with Crippen LogP contribution in [0.2, 0.25) is 5.02 Å². The first-order valence-corrected chi connectivity index (χ1v) is 13.0. The zero-order valence-electron chi connectivity index (χ0n) is 21.2. The van der Waals surface area contributed by atoms with E-state index in [9.17, 15) is 19.2 Å². The summed E-state index contributed by atoms with van der Waals surface area (Å²) in [6, 6.07) is 11.7. The number of para-hydroxylation sites is 1. The average Bonchev–Trinajstić information content (AvgIpc) is 2.88. The maximum absolute atomic E-state index is 13.5. The first-order chi connectivity index (χ1) is 18.0. The van der Waals surface area contributed by atoms with Gasteiger partial charge in [0, 0.05) is 13.6 Å². The number of methoxy groups -OCH3 is 1. The Balaban J connectivity index is 1.80. The lowest BCUT2D eigenvalue weighted by atomic mass is 10.2. The minimum Gasteiger partial charge on any atom is -0.495 e. The molecule has 0 aliphatic heterocycles. The Hall–Kier alpha value is -3.83. The van der Waals surface area contributed by atoms with Crippen LogP contribution in [-0.4, -0.2) is 37.3 Å². The maximum Gasteiger partial charge on any atom is 0.332 e. The number of carbonyl (C=O) groups is 1. The zero-order valence-corrected chi connectivity index (χ0v) is 22.8. The number of nitrogens with zero attached hydrogens (tertiary/aromatic N) is 4. The minimum absolute atomic E-state index is 0.0531. The summed E-state index contributed by atoms with van der Waals surface area (Å²) in [7, 11) is 2.79. The molecule has 2 heterocycles. The van der Waals surface area contributed by atoms with Crippen LogP contribution in [0.25, 0.3) is 16.6 Å². The first-order valence-electron chi connectivity index (χ1n) is 11.7. The molecule has 2 aromatic heterocycles.